The molecule has 6 heteroatoms. The number of nitrogens with zero attached hydrogens (tertiary/aromatic N) is 3. The van der Waals surface area contributed by atoms with Crippen LogP contribution in [0.15, 0.2) is 11.2 Å². The van der Waals surface area contributed by atoms with E-state index in [-0.39, 0.29) is 6.10 Å². The largest absolute Gasteiger partial charge is 0.474 e. The van der Waals surface area contributed by atoms with Crippen molar-refractivity contribution in [3.8, 4) is 5.88 Å². The first-order valence-electron chi connectivity index (χ1n) is 5.61. The normalized spacial score (nSPS) is 18.3. The second kappa shape index (κ2) is 5.89. The Morgan fingerprint density at radius 1 is 1.41 bits per heavy atom. The molecule has 0 unspecified atom stereocenters. The number of hydrogen-bond donors (Lipinski definition) is 0. The third-order valence-electron chi connectivity index (χ3n) is 2.79. The molecule has 0 saturated carbocycles. The summed E-state index contributed by atoms with van der Waals surface area (Å²) in [6.45, 7) is 2.14. The highest BCUT2D eigenvalue weighted by atomic mass is 35.5. The first-order valence-corrected chi connectivity index (χ1v) is 7.21. The summed E-state index contributed by atoms with van der Waals surface area (Å²) in [6.07, 6.45) is 4.23. The molecule has 94 valence electrons. The number of aromatic nitrogens is 2. The van der Waals surface area contributed by atoms with Crippen LogP contribution in [0.1, 0.15) is 12.8 Å². The van der Waals surface area contributed by atoms with E-state index in [1.807, 2.05) is 6.26 Å². The fraction of sp³-hybridized carbons (Fsp3) is 0.636. The summed E-state index contributed by atoms with van der Waals surface area (Å²) >= 11 is 7.38. The second-order valence-corrected chi connectivity index (χ2v) is 5.30. The molecular weight excluding hydrogens is 258 g/mol. The van der Waals surface area contributed by atoms with E-state index in [2.05, 4.69) is 21.9 Å². The van der Waals surface area contributed by atoms with Crippen molar-refractivity contribution in [1.82, 2.24) is 14.9 Å². The van der Waals surface area contributed by atoms with Crippen LogP contribution in [0.25, 0.3) is 0 Å². The molecule has 0 aliphatic carbocycles. The van der Waals surface area contributed by atoms with Gasteiger partial charge < -0.3 is 9.64 Å². The molecule has 0 amide bonds. The zero-order valence-electron chi connectivity index (χ0n) is 10.0. The van der Waals surface area contributed by atoms with Crippen molar-refractivity contribution >= 4 is 23.4 Å². The Kier molecular flexibility index (Phi) is 4.48. The minimum Gasteiger partial charge on any atom is -0.474 e. The molecule has 0 aromatic carbocycles. The van der Waals surface area contributed by atoms with Crippen LogP contribution < -0.4 is 4.74 Å². The van der Waals surface area contributed by atoms with Crippen molar-refractivity contribution in [1.29, 1.82) is 0 Å². The lowest BCUT2D eigenvalue weighted by Crippen LogP contribution is -2.35. The van der Waals surface area contributed by atoms with Crippen molar-refractivity contribution in [3.63, 3.8) is 0 Å². The highest BCUT2D eigenvalue weighted by molar-refractivity contribution is 7.98. The summed E-state index contributed by atoms with van der Waals surface area (Å²) in [4.78, 5) is 10.7. The lowest BCUT2D eigenvalue weighted by atomic mass is 10.1. The van der Waals surface area contributed by atoms with Gasteiger partial charge in [-0.1, -0.05) is 23.4 Å². The molecule has 0 atom stereocenters. The molecule has 2 heterocycles. The molecule has 2 rings (SSSR count). The molecule has 1 aromatic rings. The highest BCUT2D eigenvalue weighted by Gasteiger charge is 2.18. The van der Waals surface area contributed by atoms with Gasteiger partial charge in [-0.25, -0.2) is 4.98 Å². The average molecular weight is 274 g/mol. The summed E-state index contributed by atoms with van der Waals surface area (Å²) in [6, 6.07) is 1.68. The maximum atomic E-state index is 5.92. The average Bonchev–Trinajstić information content (AvgIpc) is 2.31. The summed E-state index contributed by atoms with van der Waals surface area (Å²) in [5.74, 6) is 0.587. The summed E-state index contributed by atoms with van der Waals surface area (Å²) < 4.78 is 5.85. The summed E-state index contributed by atoms with van der Waals surface area (Å²) in [5, 5.41) is 1.09. The Morgan fingerprint density at radius 3 is 2.76 bits per heavy atom. The van der Waals surface area contributed by atoms with Gasteiger partial charge in [0.15, 0.2) is 5.16 Å². The van der Waals surface area contributed by atoms with Gasteiger partial charge in [-0.3, -0.25) is 0 Å². The monoisotopic (exact) mass is 273 g/mol. The molecule has 4 nitrogen and oxygen atoms in total. The number of piperidine rings is 1. The predicted molar refractivity (Wildman–Crippen MR) is 70.0 cm³/mol. The molecule has 1 fully saturated rings. The van der Waals surface area contributed by atoms with Crippen molar-refractivity contribution in [3.05, 3.63) is 11.2 Å². The third kappa shape index (κ3) is 3.72. The Labute approximate surface area is 111 Å². The van der Waals surface area contributed by atoms with Gasteiger partial charge in [0.1, 0.15) is 11.3 Å². The van der Waals surface area contributed by atoms with Gasteiger partial charge in [0.2, 0.25) is 5.88 Å². The number of rotatable bonds is 3. The van der Waals surface area contributed by atoms with E-state index in [0.29, 0.717) is 16.2 Å². The summed E-state index contributed by atoms with van der Waals surface area (Å²) in [5.41, 5.74) is 0. The van der Waals surface area contributed by atoms with Crippen LogP contribution in [0.5, 0.6) is 5.88 Å². The molecule has 0 spiro atoms. The van der Waals surface area contributed by atoms with Gasteiger partial charge in [-0.2, -0.15) is 4.98 Å². The third-order valence-corrected chi connectivity index (χ3v) is 3.53. The zero-order chi connectivity index (χ0) is 12.3. The minimum absolute atomic E-state index is 0.242. The van der Waals surface area contributed by atoms with E-state index in [1.54, 1.807) is 6.07 Å². The number of hydrogen-bond acceptors (Lipinski definition) is 5. The van der Waals surface area contributed by atoms with Crippen molar-refractivity contribution < 1.29 is 4.74 Å². The minimum atomic E-state index is 0.242. The zero-order valence-corrected chi connectivity index (χ0v) is 11.6. The molecule has 1 saturated heterocycles. The van der Waals surface area contributed by atoms with Gasteiger partial charge in [0, 0.05) is 19.2 Å². The SMILES string of the molecule is CSc1nc(Cl)cc(OC2CCN(C)CC2)n1. The quantitative estimate of drug-likeness (QED) is 0.480. The van der Waals surface area contributed by atoms with Gasteiger partial charge in [0.25, 0.3) is 0 Å². The Bertz CT molecular complexity index is 383. The molecule has 1 aromatic heterocycles. The first-order chi connectivity index (χ1) is 8.17. The van der Waals surface area contributed by atoms with E-state index in [1.165, 1.54) is 11.8 Å². The molecular formula is C11H16ClN3OS. The number of ether oxygens (including phenoxy) is 1. The van der Waals surface area contributed by atoms with E-state index < -0.39 is 0 Å². The van der Waals surface area contributed by atoms with E-state index >= 15 is 0 Å². The second-order valence-electron chi connectivity index (χ2n) is 4.14. The van der Waals surface area contributed by atoms with Gasteiger partial charge in [-0.15, -0.1) is 0 Å². The van der Waals surface area contributed by atoms with E-state index in [0.717, 1.165) is 25.9 Å². The smallest absolute Gasteiger partial charge is 0.219 e. The Morgan fingerprint density at radius 2 is 2.12 bits per heavy atom. The van der Waals surface area contributed by atoms with E-state index in [4.69, 9.17) is 16.3 Å². The molecule has 0 bridgehead atoms. The summed E-state index contributed by atoms with van der Waals surface area (Å²) in [7, 11) is 2.13. The molecule has 17 heavy (non-hydrogen) atoms. The van der Waals surface area contributed by atoms with Crippen LogP contribution in [-0.4, -0.2) is 47.4 Å². The number of likely N-dealkylation sites (tertiary alicyclic amines) is 1. The maximum Gasteiger partial charge on any atom is 0.219 e. The molecule has 0 radical (unpaired) electrons. The topological polar surface area (TPSA) is 38.2 Å². The number of thioether (sulfide) groups is 1. The lowest BCUT2D eigenvalue weighted by molar-refractivity contribution is 0.109. The van der Waals surface area contributed by atoms with E-state index in [9.17, 15) is 0 Å². The number of halogens is 1. The van der Waals surface area contributed by atoms with Crippen LogP contribution in [0.3, 0.4) is 0 Å². The van der Waals surface area contributed by atoms with Crippen LogP contribution in [-0.2, 0) is 0 Å². The lowest BCUT2D eigenvalue weighted by Gasteiger charge is -2.28. The fourth-order valence-electron chi connectivity index (χ4n) is 1.80. The first kappa shape index (κ1) is 12.9. The van der Waals surface area contributed by atoms with Crippen molar-refractivity contribution in [2.45, 2.75) is 24.1 Å². The fourth-order valence-corrected chi connectivity index (χ4v) is 2.40. The van der Waals surface area contributed by atoms with Crippen LogP contribution in [0.4, 0.5) is 0 Å². The predicted octanol–water partition coefficient (Wildman–Crippen LogP) is 2.32. The van der Waals surface area contributed by atoms with Crippen LogP contribution in [0, 0.1) is 0 Å². The van der Waals surface area contributed by atoms with Crippen molar-refractivity contribution in [2.24, 2.45) is 0 Å². The van der Waals surface area contributed by atoms with Gasteiger partial charge >= 0.3 is 0 Å². The van der Waals surface area contributed by atoms with Gasteiger partial charge in [-0.05, 0) is 26.1 Å². The Hall–Kier alpha value is -0.520. The molecule has 1 aliphatic rings. The Balaban J connectivity index is 2.00. The standard InChI is InChI=1S/C11H16ClN3OS/c1-15-5-3-8(4-6-15)16-10-7-9(12)13-11(14-10)17-2/h7-8H,3-6H2,1-2H3. The van der Waals surface area contributed by atoms with Crippen LogP contribution >= 0.6 is 23.4 Å². The van der Waals surface area contributed by atoms with Crippen LogP contribution in [0.2, 0.25) is 5.15 Å². The van der Waals surface area contributed by atoms with Gasteiger partial charge in [0.05, 0.1) is 0 Å². The molecule has 1 aliphatic heterocycles. The molecule has 0 N–H and O–H groups in total. The maximum absolute atomic E-state index is 5.92. The highest BCUT2D eigenvalue weighted by Crippen LogP contribution is 2.22. The van der Waals surface area contributed by atoms with Crippen molar-refractivity contribution in [2.75, 3.05) is 26.4 Å².